The zero-order chi connectivity index (χ0) is 11.4. The number of carbonyl (C=O) groups excluding carboxylic acids is 1. The maximum Gasteiger partial charge on any atom is 0.326 e. The molecule has 1 aromatic heterocycles. The molecule has 1 unspecified atom stereocenters. The second kappa shape index (κ2) is 4.59. The summed E-state index contributed by atoms with van der Waals surface area (Å²) in [5.41, 5.74) is 0.0900. The van der Waals surface area contributed by atoms with Gasteiger partial charge in [0, 0.05) is 6.07 Å². The van der Waals surface area contributed by atoms with Crippen molar-refractivity contribution in [3.63, 3.8) is 0 Å². The molecular formula is C9H12N2O4. The number of carboxylic acids is 1. The summed E-state index contributed by atoms with van der Waals surface area (Å²) in [6, 6.07) is 0.554. The quantitative estimate of drug-likeness (QED) is 0.761. The lowest BCUT2D eigenvalue weighted by Gasteiger charge is -2.10. The summed E-state index contributed by atoms with van der Waals surface area (Å²) in [7, 11) is 0. The summed E-state index contributed by atoms with van der Waals surface area (Å²) < 4.78 is 4.70. The molecule has 0 saturated carbocycles. The molecule has 0 radical (unpaired) electrons. The maximum absolute atomic E-state index is 11.4. The molecule has 0 aliphatic rings. The Morgan fingerprint density at radius 3 is 2.73 bits per heavy atom. The number of carboxylic acid groups (broad SMARTS) is 1. The minimum atomic E-state index is -1.06. The van der Waals surface area contributed by atoms with Crippen LogP contribution in [-0.2, 0) is 4.79 Å². The van der Waals surface area contributed by atoms with Gasteiger partial charge in [0.1, 0.15) is 11.8 Å². The molecule has 0 fully saturated rings. The van der Waals surface area contributed by atoms with E-state index in [1.54, 1.807) is 13.8 Å². The zero-order valence-electron chi connectivity index (χ0n) is 8.48. The van der Waals surface area contributed by atoms with E-state index >= 15 is 0 Å². The van der Waals surface area contributed by atoms with Gasteiger partial charge >= 0.3 is 5.97 Å². The number of carbonyl (C=O) groups is 2. The van der Waals surface area contributed by atoms with Crippen LogP contribution in [0.25, 0.3) is 0 Å². The number of amides is 1. The molecule has 1 atom stereocenters. The van der Waals surface area contributed by atoms with Crippen LogP contribution >= 0.6 is 0 Å². The molecule has 0 aliphatic heterocycles. The van der Waals surface area contributed by atoms with E-state index in [1.807, 2.05) is 0 Å². The van der Waals surface area contributed by atoms with Crippen molar-refractivity contribution in [2.24, 2.45) is 0 Å². The van der Waals surface area contributed by atoms with Crippen LogP contribution < -0.4 is 5.32 Å². The van der Waals surface area contributed by atoms with Crippen molar-refractivity contribution < 1.29 is 19.2 Å². The maximum atomic E-state index is 11.4. The molecule has 0 saturated heterocycles. The highest BCUT2D eigenvalue weighted by Gasteiger charge is 2.20. The first-order valence-electron chi connectivity index (χ1n) is 4.51. The number of aliphatic carboxylic acids is 1. The van der Waals surface area contributed by atoms with Gasteiger partial charge in [0.05, 0.1) is 0 Å². The summed E-state index contributed by atoms with van der Waals surface area (Å²) in [5, 5.41) is 14.5. The van der Waals surface area contributed by atoms with E-state index in [9.17, 15) is 9.59 Å². The van der Waals surface area contributed by atoms with Gasteiger partial charge in [-0.15, -0.1) is 0 Å². The number of rotatable bonds is 4. The van der Waals surface area contributed by atoms with Gasteiger partial charge in [0.15, 0.2) is 5.69 Å². The third-order valence-corrected chi connectivity index (χ3v) is 1.87. The first kappa shape index (κ1) is 11.2. The lowest BCUT2D eigenvalue weighted by Crippen LogP contribution is -2.40. The van der Waals surface area contributed by atoms with Gasteiger partial charge in [-0.3, -0.25) is 4.79 Å². The lowest BCUT2D eigenvalue weighted by atomic mass is 10.2. The van der Waals surface area contributed by atoms with Crippen molar-refractivity contribution in [2.45, 2.75) is 26.3 Å². The summed E-state index contributed by atoms with van der Waals surface area (Å²) in [6.07, 6.45) is 0.317. The Morgan fingerprint density at radius 1 is 1.67 bits per heavy atom. The number of nitrogens with one attached hydrogen (secondary N) is 1. The zero-order valence-corrected chi connectivity index (χ0v) is 8.48. The molecule has 6 heteroatoms. The van der Waals surface area contributed by atoms with Crippen LogP contribution in [0.5, 0.6) is 0 Å². The molecule has 82 valence electrons. The van der Waals surface area contributed by atoms with Crippen molar-refractivity contribution in [3.05, 3.63) is 17.5 Å². The van der Waals surface area contributed by atoms with Crippen LogP contribution in [0, 0.1) is 6.92 Å². The second-order valence-corrected chi connectivity index (χ2v) is 3.10. The van der Waals surface area contributed by atoms with Crippen molar-refractivity contribution in [3.8, 4) is 0 Å². The Bertz CT molecular complexity index is 372. The molecule has 1 rings (SSSR count). The second-order valence-electron chi connectivity index (χ2n) is 3.10. The topological polar surface area (TPSA) is 92.4 Å². The van der Waals surface area contributed by atoms with Gasteiger partial charge in [-0.25, -0.2) is 4.79 Å². The van der Waals surface area contributed by atoms with Gasteiger partial charge in [0.25, 0.3) is 5.91 Å². The van der Waals surface area contributed by atoms with Crippen molar-refractivity contribution in [1.29, 1.82) is 0 Å². The van der Waals surface area contributed by atoms with Crippen molar-refractivity contribution >= 4 is 11.9 Å². The molecule has 1 amide bonds. The van der Waals surface area contributed by atoms with E-state index in [1.165, 1.54) is 6.07 Å². The minimum Gasteiger partial charge on any atom is -0.480 e. The fraction of sp³-hybridized carbons (Fsp3) is 0.444. The Morgan fingerprint density at radius 2 is 2.33 bits per heavy atom. The van der Waals surface area contributed by atoms with Crippen LogP contribution in [-0.4, -0.2) is 28.2 Å². The fourth-order valence-corrected chi connectivity index (χ4v) is 1.04. The predicted molar refractivity (Wildman–Crippen MR) is 50.4 cm³/mol. The molecule has 1 aromatic rings. The predicted octanol–water partition coefficient (Wildman–Crippen LogP) is 0.576. The van der Waals surface area contributed by atoms with Crippen LogP contribution in [0.3, 0.4) is 0 Å². The van der Waals surface area contributed by atoms with E-state index in [2.05, 4.69) is 10.5 Å². The molecule has 0 aliphatic carbocycles. The third-order valence-electron chi connectivity index (χ3n) is 1.87. The Hall–Kier alpha value is -1.85. The molecule has 2 N–H and O–H groups in total. The summed E-state index contributed by atoms with van der Waals surface area (Å²) in [4.78, 5) is 22.1. The highest BCUT2D eigenvalue weighted by Crippen LogP contribution is 2.02. The largest absolute Gasteiger partial charge is 0.480 e. The van der Waals surface area contributed by atoms with Crippen LogP contribution in [0.1, 0.15) is 29.6 Å². The third kappa shape index (κ3) is 2.80. The number of aryl methyl sites for hydroxylation is 1. The van der Waals surface area contributed by atoms with E-state index < -0.39 is 17.9 Å². The highest BCUT2D eigenvalue weighted by molar-refractivity contribution is 5.94. The summed E-state index contributed by atoms with van der Waals surface area (Å²) in [5.74, 6) is -1.10. The van der Waals surface area contributed by atoms with Gasteiger partial charge in [0.2, 0.25) is 0 Å². The smallest absolute Gasteiger partial charge is 0.326 e. The van der Waals surface area contributed by atoms with Crippen LogP contribution in [0.15, 0.2) is 10.6 Å². The lowest BCUT2D eigenvalue weighted by molar-refractivity contribution is -0.139. The number of hydrogen-bond donors (Lipinski definition) is 2. The molecule has 1 heterocycles. The monoisotopic (exact) mass is 212 g/mol. The number of hydrogen-bond acceptors (Lipinski definition) is 4. The van der Waals surface area contributed by atoms with Crippen molar-refractivity contribution in [2.75, 3.05) is 0 Å². The molecule has 0 spiro atoms. The molecule has 0 bridgehead atoms. The first-order chi connectivity index (χ1) is 7.04. The van der Waals surface area contributed by atoms with E-state index in [4.69, 9.17) is 9.63 Å². The molecule has 0 aromatic carbocycles. The van der Waals surface area contributed by atoms with Gasteiger partial charge < -0.3 is 14.9 Å². The molecule has 15 heavy (non-hydrogen) atoms. The summed E-state index contributed by atoms with van der Waals surface area (Å²) in [6.45, 7) is 3.32. The van der Waals surface area contributed by atoms with E-state index in [0.717, 1.165) is 0 Å². The molecule has 6 nitrogen and oxygen atoms in total. The van der Waals surface area contributed by atoms with Crippen molar-refractivity contribution in [1.82, 2.24) is 10.5 Å². The van der Waals surface area contributed by atoms with Crippen LogP contribution in [0.2, 0.25) is 0 Å². The fourth-order valence-electron chi connectivity index (χ4n) is 1.04. The average Bonchev–Trinajstić information content (AvgIpc) is 2.60. The highest BCUT2D eigenvalue weighted by atomic mass is 16.5. The van der Waals surface area contributed by atoms with Crippen LogP contribution in [0.4, 0.5) is 0 Å². The van der Waals surface area contributed by atoms with Gasteiger partial charge in [-0.2, -0.15) is 0 Å². The Kier molecular flexibility index (Phi) is 3.43. The van der Waals surface area contributed by atoms with E-state index in [-0.39, 0.29) is 5.69 Å². The Balaban J connectivity index is 2.66. The van der Waals surface area contributed by atoms with Gasteiger partial charge in [-0.1, -0.05) is 12.1 Å². The summed E-state index contributed by atoms with van der Waals surface area (Å²) >= 11 is 0. The Labute approximate surface area is 86.3 Å². The SMILES string of the molecule is CCC(NC(=O)c1cc(C)on1)C(=O)O. The standard InChI is InChI=1S/C9H12N2O4/c1-3-6(9(13)14)10-8(12)7-4-5(2)15-11-7/h4,6H,3H2,1-2H3,(H,10,12)(H,13,14). The van der Waals surface area contributed by atoms with E-state index in [0.29, 0.717) is 12.2 Å². The molecular weight excluding hydrogens is 200 g/mol. The number of aromatic nitrogens is 1. The number of nitrogens with zero attached hydrogens (tertiary/aromatic N) is 1. The average molecular weight is 212 g/mol. The van der Waals surface area contributed by atoms with Gasteiger partial charge in [-0.05, 0) is 13.3 Å². The minimum absolute atomic E-state index is 0.0900. The normalized spacial score (nSPS) is 12.1. The first-order valence-corrected chi connectivity index (χ1v) is 4.51.